The number of benzene rings is 2. The van der Waals surface area contributed by atoms with Gasteiger partial charge in [0.1, 0.15) is 11.6 Å². The van der Waals surface area contributed by atoms with E-state index in [1.807, 2.05) is 42.1 Å². The Kier molecular flexibility index (Phi) is 4.71. The smallest absolute Gasteiger partial charge is 0.189 e. The van der Waals surface area contributed by atoms with Crippen LogP contribution in [-0.4, -0.2) is 23.7 Å². The zero-order chi connectivity index (χ0) is 18.8. The molecular formula is C21H23FN4O. The van der Waals surface area contributed by atoms with Gasteiger partial charge in [-0.3, -0.25) is 4.99 Å². The van der Waals surface area contributed by atoms with Crippen LogP contribution < -0.4 is 15.8 Å². The molecule has 3 N–H and O–H groups in total. The topological polar surface area (TPSA) is 64.6 Å². The fourth-order valence-corrected chi connectivity index (χ4v) is 3.65. The maximum atomic E-state index is 13.4. The number of halogens is 1. The molecule has 5 nitrogen and oxygen atoms in total. The lowest BCUT2D eigenvalue weighted by Gasteiger charge is -2.26. The second-order valence-electron chi connectivity index (χ2n) is 6.82. The summed E-state index contributed by atoms with van der Waals surface area (Å²) in [6.45, 7) is 1.23. The monoisotopic (exact) mass is 366 g/mol. The van der Waals surface area contributed by atoms with E-state index in [1.165, 1.54) is 6.07 Å². The molecule has 27 heavy (non-hydrogen) atoms. The van der Waals surface area contributed by atoms with Crippen molar-refractivity contribution in [1.29, 1.82) is 0 Å². The minimum atomic E-state index is -0.224. The van der Waals surface area contributed by atoms with Gasteiger partial charge in [0.2, 0.25) is 0 Å². The van der Waals surface area contributed by atoms with Crippen molar-refractivity contribution in [3.63, 3.8) is 0 Å². The maximum Gasteiger partial charge on any atom is 0.189 e. The number of aliphatic imine (C=N–C) groups is 1. The van der Waals surface area contributed by atoms with Gasteiger partial charge >= 0.3 is 0 Å². The number of rotatable bonds is 4. The lowest BCUT2D eigenvalue weighted by Crippen LogP contribution is -2.37. The van der Waals surface area contributed by atoms with Crippen molar-refractivity contribution in [2.75, 3.05) is 13.2 Å². The van der Waals surface area contributed by atoms with E-state index in [9.17, 15) is 4.39 Å². The van der Waals surface area contributed by atoms with E-state index < -0.39 is 0 Å². The number of nitrogens with two attached hydrogens (primary N) is 1. The van der Waals surface area contributed by atoms with Gasteiger partial charge in [0.05, 0.1) is 18.2 Å². The summed E-state index contributed by atoms with van der Waals surface area (Å²) in [7, 11) is 1.92. The largest absolute Gasteiger partial charge is 0.493 e. The predicted molar refractivity (Wildman–Crippen MR) is 106 cm³/mol. The number of para-hydroxylation sites is 1. The third-order valence-corrected chi connectivity index (χ3v) is 4.98. The van der Waals surface area contributed by atoms with Gasteiger partial charge in [0.25, 0.3) is 0 Å². The van der Waals surface area contributed by atoms with Crippen molar-refractivity contribution >= 4 is 16.9 Å². The molecular weight excluding hydrogens is 343 g/mol. The molecule has 0 amide bonds. The number of nitrogens with zero attached hydrogens (tertiary/aromatic N) is 2. The van der Waals surface area contributed by atoms with Crippen LogP contribution in [0.4, 0.5) is 4.39 Å². The van der Waals surface area contributed by atoms with Crippen LogP contribution in [0.3, 0.4) is 0 Å². The Morgan fingerprint density at radius 2 is 2.19 bits per heavy atom. The number of nitrogens with one attached hydrogen (secondary N) is 1. The Bertz CT molecular complexity index is 995. The second-order valence-corrected chi connectivity index (χ2v) is 6.82. The van der Waals surface area contributed by atoms with E-state index >= 15 is 0 Å². The van der Waals surface area contributed by atoms with Crippen molar-refractivity contribution in [2.45, 2.75) is 18.9 Å². The number of hydrogen-bond donors (Lipinski definition) is 2. The SMILES string of the molecule is Cn1cc(CCN=C(N)NC2CCOc3ccccc32)c2ccc(F)cc21. The molecule has 6 heteroatoms. The van der Waals surface area contributed by atoms with Crippen LogP contribution in [0.1, 0.15) is 23.6 Å². The fraction of sp³-hybridized carbons (Fsp3) is 0.286. The summed E-state index contributed by atoms with van der Waals surface area (Å²) in [5, 5.41) is 4.36. The van der Waals surface area contributed by atoms with Crippen LogP contribution >= 0.6 is 0 Å². The summed E-state index contributed by atoms with van der Waals surface area (Å²) in [5.74, 6) is 1.11. The van der Waals surface area contributed by atoms with Crippen molar-refractivity contribution in [3.05, 3.63) is 65.6 Å². The minimum absolute atomic E-state index is 0.110. The lowest BCUT2D eigenvalue weighted by molar-refractivity contribution is 0.262. The number of aromatic nitrogens is 1. The minimum Gasteiger partial charge on any atom is -0.493 e. The number of hydrogen-bond acceptors (Lipinski definition) is 2. The first-order valence-electron chi connectivity index (χ1n) is 9.13. The molecule has 0 radical (unpaired) electrons. The van der Waals surface area contributed by atoms with Gasteiger partial charge in [0.15, 0.2) is 5.96 Å². The van der Waals surface area contributed by atoms with Gasteiger partial charge < -0.3 is 20.4 Å². The third-order valence-electron chi connectivity index (χ3n) is 4.98. The van der Waals surface area contributed by atoms with Crippen molar-refractivity contribution < 1.29 is 9.13 Å². The molecule has 1 unspecified atom stereocenters. The van der Waals surface area contributed by atoms with Gasteiger partial charge in [-0.2, -0.15) is 0 Å². The van der Waals surface area contributed by atoms with Gasteiger partial charge in [-0.1, -0.05) is 18.2 Å². The van der Waals surface area contributed by atoms with Crippen LogP contribution in [0.15, 0.2) is 53.7 Å². The second kappa shape index (κ2) is 7.31. The summed E-state index contributed by atoms with van der Waals surface area (Å²) < 4.78 is 21.1. The summed E-state index contributed by atoms with van der Waals surface area (Å²) in [4.78, 5) is 4.48. The average molecular weight is 366 g/mol. The first kappa shape index (κ1) is 17.4. The van der Waals surface area contributed by atoms with Crippen LogP contribution in [0.25, 0.3) is 10.9 Å². The molecule has 1 aliphatic heterocycles. The Morgan fingerprint density at radius 1 is 1.33 bits per heavy atom. The standard InChI is InChI=1S/C21H23FN4O/c1-26-13-14(16-7-6-15(22)12-19(16)26)8-10-24-21(23)25-18-9-11-27-20-5-3-2-4-17(18)20/h2-7,12-13,18H,8-11H2,1H3,(H3,23,24,25). The van der Waals surface area contributed by atoms with Crippen LogP contribution in [-0.2, 0) is 13.5 Å². The molecule has 0 aliphatic carbocycles. The number of guanidine groups is 1. The van der Waals surface area contributed by atoms with Crippen LogP contribution in [0.5, 0.6) is 5.75 Å². The van der Waals surface area contributed by atoms with Crippen molar-refractivity contribution in [2.24, 2.45) is 17.8 Å². The molecule has 0 fully saturated rings. The van der Waals surface area contributed by atoms with Gasteiger partial charge in [0, 0.05) is 37.2 Å². The van der Waals surface area contributed by atoms with E-state index in [4.69, 9.17) is 10.5 Å². The number of fused-ring (bicyclic) bond motifs is 2. The number of aryl methyl sites for hydroxylation is 1. The first-order valence-corrected chi connectivity index (χ1v) is 9.13. The van der Waals surface area contributed by atoms with Crippen molar-refractivity contribution in [3.8, 4) is 5.75 Å². The quantitative estimate of drug-likeness (QED) is 0.550. The van der Waals surface area contributed by atoms with Crippen LogP contribution in [0.2, 0.25) is 0 Å². The molecule has 4 rings (SSSR count). The Balaban J connectivity index is 1.42. The van der Waals surface area contributed by atoms with Gasteiger partial charge in [-0.25, -0.2) is 4.39 Å². The average Bonchev–Trinajstić information content (AvgIpc) is 2.97. The summed E-state index contributed by atoms with van der Waals surface area (Å²) in [6.07, 6.45) is 3.62. The molecule has 2 heterocycles. The van der Waals surface area contributed by atoms with E-state index in [-0.39, 0.29) is 11.9 Å². The normalized spacial score (nSPS) is 16.8. The highest BCUT2D eigenvalue weighted by Gasteiger charge is 2.21. The Hall–Kier alpha value is -3.02. The Labute approximate surface area is 157 Å². The van der Waals surface area contributed by atoms with E-state index in [0.29, 0.717) is 19.1 Å². The summed E-state index contributed by atoms with van der Waals surface area (Å²) in [5.41, 5.74) is 9.24. The highest BCUT2D eigenvalue weighted by molar-refractivity contribution is 5.84. The summed E-state index contributed by atoms with van der Waals surface area (Å²) in [6, 6.07) is 13.0. The van der Waals surface area contributed by atoms with E-state index in [0.717, 1.165) is 40.6 Å². The van der Waals surface area contributed by atoms with E-state index in [2.05, 4.69) is 16.4 Å². The molecule has 3 aromatic rings. The van der Waals surface area contributed by atoms with Gasteiger partial charge in [-0.05, 0) is 36.2 Å². The van der Waals surface area contributed by atoms with Crippen LogP contribution in [0, 0.1) is 5.82 Å². The Morgan fingerprint density at radius 3 is 3.07 bits per heavy atom. The predicted octanol–water partition coefficient (Wildman–Crippen LogP) is 3.29. The van der Waals surface area contributed by atoms with Gasteiger partial charge in [-0.15, -0.1) is 0 Å². The number of ether oxygens (including phenoxy) is 1. The molecule has 2 aromatic carbocycles. The van der Waals surface area contributed by atoms with Crippen molar-refractivity contribution in [1.82, 2.24) is 9.88 Å². The molecule has 0 bridgehead atoms. The highest BCUT2D eigenvalue weighted by atomic mass is 19.1. The zero-order valence-electron chi connectivity index (χ0n) is 15.3. The molecule has 1 aliphatic rings. The zero-order valence-corrected chi connectivity index (χ0v) is 15.3. The molecule has 1 atom stereocenters. The fourth-order valence-electron chi connectivity index (χ4n) is 3.65. The van der Waals surface area contributed by atoms with E-state index in [1.54, 1.807) is 6.07 Å². The highest BCUT2D eigenvalue weighted by Crippen LogP contribution is 2.31. The summed E-state index contributed by atoms with van der Waals surface area (Å²) >= 11 is 0. The lowest BCUT2D eigenvalue weighted by atomic mass is 10.0. The molecule has 140 valence electrons. The molecule has 0 saturated heterocycles. The maximum absolute atomic E-state index is 13.4. The molecule has 1 aromatic heterocycles. The third kappa shape index (κ3) is 3.60. The molecule has 0 saturated carbocycles. The molecule has 0 spiro atoms. The first-order chi connectivity index (χ1) is 13.1.